The number of hydrogen-bond donors (Lipinski definition) is 1. The molecule has 11 nitrogen and oxygen atoms in total. The summed E-state index contributed by atoms with van der Waals surface area (Å²) in [6, 6.07) is 10.6. The highest BCUT2D eigenvalue weighted by atomic mass is 16.7. The number of aromatic amines is 1. The maximum atomic E-state index is 12.8. The van der Waals surface area contributed by atoms with E-state index in [1.165, 1.54) is 20.2 Å². The number of nitrogens with one attached hydrogen (secondary N) is 1. The topological polar surface area (TPSA) is 135 Å². The zero-order valence-corrected chi connectivity index (χ0v) is 21.0. The molecule has 1 saturated heterocycles. The van der Waals surface area contributed by atoms with Gasteiger partial charge < -0.3 is 23.7 Å². The highest BCUT2D eigenvalue weighted by molar-refractivity contribution is 5.75. The van der Waals surface area contributed by atoms with Crippen molar-refractivity contribution in [3.8, 4) is 0 Å². The van der Waals surface area contributed by atoms with Gasteiger partial charge in [-0.05, 0) is 26.3 Å². The molecule has 11 heteroatoms. The first-order valence-corrected chi connectivity index (χ1v) is 11.5. The lowest BCUT2D eigenvalue weighted by Crippen LogP contribution is -2.46. The van der Waals surface area contributed by atoms with Crippen LogP contribution in [0.25, 0.3) is 0 Å². The smallest absolute Gasteiger partial charge is 0.330 e. The van der Waals surface area contributed by atoms with Crippen LogP contribution in [0.4, 0.5) is 0 Å². The first kappa shape index (κ1) is 27.3. The van der Waals surface area contributed by atoms with Crippen LogP contribution in [-0.2, 0) is 39.9 Å². The molecule has 1 fully saturated rings. The van der Waals surface area contributed by atoms with E-state index in [1.807, 2.05) is 30.3 Å². The third-order valence-corrected chi connectivity index (χ3v) is 5.56. The number of H-pyrrole nitrogens is 1. The van der Waals surface area contributed by atoms with Crippen LogP contribution >= 0.6 is 0 Å². The minimum Gasteiger partial charge on any atom is -0.457 e. The normalized spacial score (nSPS) is 22.7. The molecule has 196 valence electrons. The molecular formula is C25H32N2O9. The standard InChI is InChI=1S/C25H32N2O9/c1-15(28)34-17(14-33-13-16-9-7-6-8-10-16)19-20(32-5)21(36-23(30)25(2,3)4)22(35-19)27-12-11-18(29)26-24(27)31/h6-12,17,19-22H,13-14H2,1-5H3,(H,26,29,31)/t17-,19+,20+,21+,22+/m0/s1. The van der Waals surface area contributed by atoms with Gasteiger partial charge in [-0.3, -0.25) is 23.9 Å². The van der Waals surface area contributed by atoms with Crippen molar-refractivity contribution in [3.05, 3.63) is 69.0 Å². The number of carbonyl (C=O) groups excluding carboxylic acids is 2. The summed E-state index contributed by atoms with van der Waals surface area (Å²) in [6.07, 6.45) is -3.85. The van der Waals surface area contributed by atoms with Gasteiger partial charge in [-0.2, -0.15) is 0 Å². The summed E-state index contributed by atoms with van der Waals surface area (Å²) in [6.45, 7) is 6.52. The number of rotatable bonds is 9. The van der Waals surface area contributed by atoms with Crippen molar-refractivity contribution in [1.29, 1.82) is 0 Å². The Balaban J connectivity index is 1.92. The molecular weight excluding hydrogens is 472 g/mol. The fourth-order valence-electron chi connectivity index (χ4n) is 3.79. The highest BCUT2D eigenvalue weighted by Crippen LogP contribution is 2.36. The van der Waals surface area contributed by atoms with E-state index in [-0.39, 0.29) is 13.2 Å². The van der Waals surface area contributed by atoms with E-state index in [4.69, 9.17) is 23.7 Å². The minimum atomic E-state index is -1.16. The van der Waals surface area contributed by atoms with Crippen LogP contribution in [0.15, 0.2) is 52.2 Å². The largest absolute Gasteiger partial charge is 0.457 e. The number of benzene rings is 1. The Labute approximate surface area is 208 Å². The van der Waals surface area contributed by atoms with E-state index < -0.39 is 59.2 Å². The van der Waals surface area contributed by atoms with Crippen molar-refractivity contribution in [2.24, 2.45) is 5.41 Å². The molecule has 0 radical (unpaired) electrons. The van der Waals surface area contributed by atoms with Crippen molar-refractivity contribution in [2.75, 3.05) is 13.7 Å². The van der Waals surface area contributed by atoms with Gasteiger partial charge in [0.2, 0.25) is 0 Å². The highest BCUT2D eigenvalue weighted by Gasteiger charge is 2.53. The van der Waals surface area contributed by atoms with Crippen molar-refractivity contribution in [1.82, 2.24) is 9.55 Å². The molecule has 5 atom stereocenters. The molecule has 1 aromatic carbocycles. The van der Waals surface area contributed by atoms with Crippen LogP contribution in [0.2, 0.25) is 0 Å². The molecule has 0 amide bonds. The van der Waals surface area contributed by atoms with Crippen LogP contribution in [0.1, 0.15) is 39.5 Å². The summed E-state index contributed by atoms with van der Waals surface area (Å²) in [4.78, 5) is 51.0. The minimum absolute atomic E-state index is 0.0494. The van der Waals surface area contributed by atoms with Crippen molar-refractivity contribution in [3.63, 3.8) is 0 Å². The summed E-state index contributed by atoms with van der Waals surface area (Å²) < 4.78 is 30.0. The lowest BCUT2D eigenvalue weighted by atomic mass is 9.97. The molecule has 3 rings (SSSR count). The maximum Gasteiger partial charge on any atom is 0.330 e. The average molecular weight is 505 g/mol. The molecule has 0 saturated carbocycles. The monoisotopic (exact) mass is 504 g/mol. The second-order valence-corrected chi connectivity index (χ2v) is 9.48. The molecule has 0 aliphatic carbocycles. The molecule has 1 aliphatic rings. The molecule has 1 aliphatic heterocycles. The third-order valence-electron chi connectivity index (χ3n) is 5.56. The number of aromatic nitrogens is 2. The predicted molar refractivity (Wildman–Crippen MR) is 127 cm³/mol. The Kier molecular flexibility index (Phi) is 8.83. The maximum absolute atomic E-state index is 12.8. The summed E-state index contributed by atoms with van der Waals surface area (Å²) in [5, 5.41) is 0. The van der Waals surface area contributed by atoms with Crippen molar-refractivity contribution < 1.29 is 33.3 Å². The summed E-state index contributed by atoms with van der Waals surface area (Å²) >= 11 is 0. The number of esters is 2. The second kappa shape index (κ2) is 11.6. The van der Waals surface area contributed by atoms with Gasteiger partial charge in [-0.1, -0.05) is 30.3 Å². The Morgan fingerprint density at radius 2 is 1.81 bits per heavy atom. The van der Waals surface area contributed by atoms with Gasteiger partial charge in [-0.15, -0.1) is 0 Å². The number of hydrogen-bond acceptors (Lipinski definition) is 9. The van der Waals surface area contributed by atoms with Crippen LogP contribution < -0.4 is 11.2 Å². The molecule has 2 heterocycles. The number of methoxy groups -OCH3 is 1. The number of nitrogens with zero attached hydrogens (tertiary/aromatic N) is 1. The van der Waals surface area contributed by atoms with Crippen molar-refractivity contribution in [2.45, 2.75) is 64.9 Å². The van der Waals surface area contributed by atoms with Crippen LogP contribution in [-0.4, -0.2) is 59.6 Å². The van der Waals surface area contributed by atoms with Gasteiger partial charge in [0.1, 0.15) is 12.2 Å². The summed E-state index contributed by atoms with van der Waals surface area (Å²) in [5.41, 5.74) is -1.29. The zero-order valence-electron chi connectivity index (χ0n) is 21.0. The third kappa shape index (κ3) is 6.68. The average Bonchev–Trinajstić information content (AvgIpc) is 3.16. The molecule has 1 N–H and O–H groups in total. The van der Waals surface area contributed by atoms with E-state index >= 15 is 0 Å². The fraction of sp³-hybridized carbons (Fsp3) is 0.520. The van der Waals surface area contributed by atoms with E-state index in [9.17, 15) is 19.2 Å². The van der Waals surface area contributed by atoms with Gasteiger partial charge in [0.05, 0.1) is 18.6 Å². The van der Waals surface area contributed by atoms with Crippen molar-refractivity contribution >= 4 is 11.9 Å². The van der Waals surface area contributed by atoms with Gasteiger partial charge in [0, 0.05) is 26.3 Å². The first-order valence-electron chi connectivity index (χ1n) is 11.5. The van der Waals surface area contributed by atoms with Crippen LogP contribution in [0.5, 0.6) is 0 Å². The SMILES string of the molecule is CO[C@H]1[C@@H](OC(=O)C(C)(C)C)[C@H](n2ccc(=O)[nH]c2=O)O[C@@H]1[C@H](COCc1ccccc1)OC(C)=O. The quantitative estimate of drug-likeness (QED) is 0.505. The Hall–Kier alpha value is -3.28. The first-order chi connectivity index (χ1) is 17.0. The van der Waals surface area contributed by atoms with Gasteiger partial charge in [0.15, 0.2) is 18.4 Å². The van der Waals surface area contributed by atoms with Crippen LogP contribution in [0, 0.1) is 5.41 Å². The Morgan fingerprint density at radius 3 is 2.39 bits per heavy atom. The lowest BCUT2D eigenvalue weighted by Gasteiger charge is -2.28. The van der Waals surface area contributed by atoms with Gasteiger partial charge in [0.25, 0.3) is 5.56 Å². The summed E-state index contributed by atoms with van der Waals surface area (Å²) in [5.74, 6) is -1.12. The van der Waals surface area contributed by atoms with E-state index in [2.05, 4.69) is 4.98 Å². The lowest BCUT2D eigenvalue weighted by molar-refractivity contribution is -0.169. The predicted octanol–water partition coefficient (Wildman–Crippen LogP) is 1.56. The molecule has 1 aromatic heterocycles. The van der Waals surface area contributed by atoms with Crippen LogP contribution in [0.3, 0.4) is 0 Å². The molecule has 0 bridgehead atoms. The number of carbonyl (C=O) groups is 2. The van der Waals surface area contributed by atoms with E-state index in [0.717, 1.165) is 16.2 Å². The van der Waals surface area contributed by atoms with E-state index in [0.29, 0.717) is 0 Å². The number of ether oxygens (including phenoxy) is 5. The fourth-order valence-corrected chi connectivity index (χ4v) is 3.79. The zero-order chi connectivity index (χ0) is 26.5. The Morgan fingerprint density at radius 1 is 1.11 bits per heavy atom. The summed E-state index contributed by atoms with van der Waals surface area (Å²) in [7, 11) is 1.40. The second-order valence-electron chi connectivity index (χ2n) is 9.48. The molecule has 0 unspecified atom stereocenters. The van der Waals surface area contributed by atoms with Gasteiger partial charge >= 0.3 is 17.6 Å². The van der Waals surface area contributed by atoms with Gasteiger partial charge in [-0.25, -0.2) is 4.79 Å². The molecule has 36 heavy (non-hydrogen) atoms. The molecule has 2 aromatic rings. The van der Waals surface area contributed by atoms with E-state index in [1.54, 1.807) is 20.8 Å². The molecule has 0 spiro atoms. The Bertz CT molecular complexity index is 1150.